The molecule has 27 heavy (non-hydrogen) atoms. The van der Waals surface area contributed by atoms with Crippen LogP contribution in [0.4, 0.5) is 4.39 Å². The van der Waals surface area contributed by atoms with Crippen molar-refractivity contribution in [2.45, 2.75) is 33.6 Å². The first-order chi connectivity index (χ1) is 12.4. The van der Waals surface area contributed by atoms with Crippen LogP contribution in [-0.4, -0.2) is 42.9 Å². The van der Waals surface area contributed by atoms with Crippen LogP contribution >= 0.6 is 24.0 Å². The fourth-order valence-corrected chi connectivity index (χ4v) is 3.62. The summed E-state index contributed by atoms with van der Waals surface area (Å²) >= 11 is 0. The molecule has 0 radical (unpaired) electrons. The summed E-state index contributed by atoms with van der Waals surface area (Å²) < 4.78 is 13.1. The number of rotatable bonds is 6. The van der Waals surface area contributed by atoms with E-state index >= 15 is 0 Å². The Balaban J connectivity index is 0.00000364. The number of nitrogens with zero attached hydrogens (tertiary/aromatic N) is 2. The molecule has 0 bridgehead atoms. The van der Waals surface area contributed by atoms with Crippen molar-refractivity contribution in [1.82, 2.24) is 10.2 Å². The number of nitrogens with one attached hydrogen (secondary N) is 1. The number of primary amides is 1. The molecule has 2 rings (SSSR count). The summed E-state index contributed by atoms with van der Waals surface area (Å²) in [7, 11) is 0. The molecule has 1 fully saturated rings. The van der Waals surface area contributed by atoms with Crippen molar-refractivity contribution in [1.29, 1.82) is 0 Å². The summed E-state index contributed by atoms with van der Waals surface area (Å²) in [4.78, 5) is 18.8. The van der Waals surface area contributed by atoms with E-state index in [0.717, 1.165) is 31.2 Å². The first-order valence-electron chi connectivity index (χ1n) is 9.46. The van der Waals surface area contributed by atoms with E-state index in [1.54, 1.807) is 12.1 Å². The summed E-state index contributed by atoms with van der Waals surface area (Å²) in [6.07, 6.45) is 1.69. The zero-order chi connectivity index (χ0) is 19.1. The summed E-state index contributed by atoms with van der Waals surface area (Å²) in [5, 5.41) is 3.33. The number of nitrogens with two attached hydrogens (primary N) is 1. The SMILES string of the molecule is CCNC(=NCC(Cc1ccc(F)cc1)C(N)=O)N1CC(C)CC(C)C1.I. The number of benzene rings is 1. The van der Waals surface area contributed by atoms with Gasteiger partial charge in [0, 0.05) is 19.6 Å². The number of hydrogen-bond donors (Lipinski definition) is 2. The Morgan fingerprint density at radius 2 is 1.89 bits per heavy atom. The minimum atomic E-state index is -0.409. The van der Waals surface area contributed by atoms with Gasteiger partial charge in [0.15, 0.2) is 5.96 Å². The van der Waals surface area contributed by atoms with Crippen molar-refractivity contribution < 1.29 is 9.18 Å². The molecule has 3 N–H and O–H groups in total. The Labute approximate surface area is 179 Å². The molecular weight excluding hydrogens is 458 g/mol. The molecule has 0 spiro atoms. The molecule has 1 aliphatic heterocycles. The molecule has 0 aliphatic carbocycles. The number of amides is 1. The van der Waals surface area contributed by atoms with Gasteiger partial charge in [-0.2, -0.15) is 0 Å². The quantitative estimate of drug-likeness (QED) is 0.366. The van der Waals surface area contributed by atoms with Gasteiger partial charge in [0.1, 0.15) is 5.82 Å². The zero-order valence-corrected chi connectivity index (χ0v) is 18.8. The van der Waals surface area contributed by atoms with E-state index in [-0.39, 0.29) is 35.7 Å². The van der Waals surface area contributed by atoms with Gasteiger partial charge >= 0.3 is 0 Å². The normalized spacial score (nSPS) is 21.3. The van der Waals surface area contributed by atoms with Crippen LogP contribution in [0.3, 0.4) is 0 Å². The van der Waals surface area contributed by atoms with E-state index in [9.17, 15) is 9.18 Å². The summed E-state index contributed by atoms with van der Waals surface area (Å²) in [5.41, 5.74) is 6.47. The fraction of sp³-hybridized carbons (Fsp3) is 0.600. The highest BCUT2D eigenvalue weighted by Crippen LogP contribution is 2.21. The van der Waals surface area contributed by atoms with Crippen molar-refractivity contribution in [3.63, 3.8) is 0 Å². The first kappa shape index (κ1) is 23.7. The summed E-state index contributed by atoms with van der Waals surface area (Å²) in [5.74, 6) is 1.01. The van der Waals surface area contributed by atoms with E-state index in [0.29, 0.717) is 24.8 Å². The second kappa shape index (κ2) is 11.5. The Bertz CT molecular complexity index is 613. The molecule has 152 valence electrons. The van der Waals surface area contributed by atoms with Gasteiger partial charge in [-0.25, -0.2) is 4.39 Å². The molecule has 1 saturated heterocycles. The smallest absolute Gasteiger partial charge is 0.222 e. The molecule has 1 aliphatic rings. The van der Waals surface area contributed by atoms with Crippen molar-refractivity contribution in [3.05, 3.63) is 35.6 Å². The second-order valence-corrected chi connectivity index (χ2v) is 7.48. The Morgan fingerprint density at radius 3 is 2.41 bits per heavy atom. The molecule has 1 aromatic rings. The minimum absolute atomic E-state index is 0. The molecule has 3 atom stereocenters. The van der Waals surface area contributed by atoms with Crippen molar-refractivity contribution in [3.8, 4) is 0 Å². The van der Waals surface area contributed by atoms with Gasteiger partial charge in [0.2, 0.25) is 5.91 Å². The Hall–Kier alpha value is -1.38. The third kappa shape index (κ3) is 7.63. The third-order valence-corrected chi connectivity index (χ3v) is 4.76. The van der Waals surface area contributed by atoms with Crippen LogP contribution in [0, 0.1) is 23.6 Å². The number of likely N-dealkylation sites (tertiary alicyclic amines) is 1. The van der Waals surface area contributed by atoms with Crippen LogP contribution in [0.1, 0.15) is 32.8 Å². The number of halogens is 2. The van der Waals surface area contributed by atoms with E-state index in [2.05, 4.69) is 24.1 Å². The topological polar surface area (TPSA) is 70.7 Å². The molecule has 1 amide bonds. The van der Waals surface area contributed by atoms with Gasteiger partial charge in [-0.3, -0.25) is 9.79 Å². The van der Waals surface area contributed by atoms with E-state index in [1.807, 2.05) is 6.92 Å². The van der Waals surface area contributed by atoms with Crippen LogP contribution in [-0.2, 0) is 11.2 Å². The van der Waals surface area contributed by atoms with E-state index in [4.69, 9.17) is 10.7 Å². The molecule has 5 nitrogen and oxygen atoms in total. The first-order valence-corrected chi connectivity index (χ1v) is 9.46. The average molecular weight is 490 g/mol. The van der Waals surface area contributed by atoms with Gasteiger partial charge in [0.25, 0.3) is 0 Å². The molecule has 1 aromatic carbocycles. The average Bonchev–Trinajstić information content (AvgIpc) is 2.58. The third-order valence-electron chi connectivity index (χ3n) is 4.76. The molecule has 7 heteroatoms. The van der Waals surface area contributed by atoms with Gasteiger partial charge in [-0.15, -0.1) is 24.0 Å². The van der Waals surface area contributed by atoms with E-state index < -0.39 is 5.92 Å². The van der Waals surface area contributed by atoms with Crippen molar-refractivity contribution in [2.75, 3.05) is 26.2 Å². The van der Waals surface area contributed by atoms with E-state index in [1.165, 1.54) is 18.6 Å². The lowest BCUT2D eigenvalue weighted by Crippen LogP contribution is -2.48. The standard InChI is InChI=1S/C20H31FN4O.HI/c1-4-23-20(25-12-14(2)9-15(3)13-25)24-11-17(19(22)26)10-16-5-7-18(21)8-6-16;/h5-8,14-15,17H,4,9-13H2,1-3H3,(H2,22,26)(H,23,24);1H. The number of carbonyl (C=O) groups is 1. The second-order valence-electron chi connectivity index (χ2n) is 7.48. The van der Waals surface area contributed by atoms with Gasteiger partial charge in [-0.05, 0) is 49.3 Å². The summed E-state index contributed by atoms with van der Waals surface area (Å²) in [6, 6.07) is 6.18. The molecule has 3 unspecified atom stereocenters. The molecule has 1 heterocycles. The number of piperidine rings is 1. The number of aliphatic imine (C=N–C) groups is 1. The fourth-order valence-electron chi connectivity index (χ4n) is 3.62. The highest BCUT2D eigenvalue weighted by atomic mass is 127. The highest BCUT2D eigenvalue weighted by Gasteiger charge is 2.24. The Morgan fingerprint density at radius 1 is 1.30 bits per heavy atom. The predicted molar refractivity (Wildman–Crippen MR) is 119 cm³/mol. The maximum absolute atomic E-state index is 13.1. The van der Waals surface area contributed by atoms with Crippen molar-refractivity contribution in [2.24, 2.45) is 28.5 Å². The van der Waals surface area contributed by atoms with Crippen molar-refractivity contribution >= 4 is 35.8 Å². The molecule has 0 aromatic heterocycles. The zero-order valence-electron chi connectivity index (χ0n) is 16.5. The van der Waals surface area contributed by atoms with Crippen LogP contribution in [0.5, 0.6) is 0 Å². The van der Waals surface area contributed by atoms with Crippen LogP contribution in [0.25, 0.3) is 0 Å². The molecular formula is C20H32FIN4O. The monoisotopic (exact) mass is 490 g/mol. The maximum Gasteiger partial charge on any atom is 0.222 e. The highest BCUT2D eigenvalue weighted by molar-refractivity contribution is 14.0. The summed E-state index contributed by atoms with van der Waals surface area (Å²) in [6.45, 7) is 9.59. The van der Waals surface area contributed by atoms with Gasteiger partial charge in [0.05, 0.1) is 12.5 Å². The number of hydrogen-bond acceptors (Lipinski definition) is 2. The minimum Gasteiger partial charge on any atom is -0.369 e. The molecule has 0 saturated carbocycles. The van der Waals surface area contributed by atoms with Crippen LogP contribution in [0.2, 0.25) is 0 Å². The van der Waals surface area contributed by atoms with Gasteiger partial charge < -0.3 is 16.0 Å². The lowest BCUT2D eigenvalue weighted by molar-refractivity contribution is -0.121. The largest absolute Gasteiger partial charge is 0.369 e. The lowest BCUT2D eigenvalue weighted by atomic mass is 9.92. The maximum atomic E-state index is 13.1. The van der Waals surface area contributed by atoms with Crippen LogP contribution in [0.15, 0.2) is 29.3 Å². The predicted octanol–water partition coefficient (Wildman–Crippen LogP) is 3.03. The lowest BCUT2D eigenvalue weighted by Gasteiger charge is -2.37. The van der Waals surface area contributed by atoms with Crippen LogP contribution < -0.4 is 11.1 Å². The van der Waals surface area contributed by atoms with Gasteiger partial charge in [-0.1, -0.05) is 26.0 Å². The Kier molecular flexibility index (Phi) is 10.0. The number of carbonyl (C=O) groups excluding carboxylic acids is 1. The number of guanidine groups is 1.